The summed E-state index contributed by atoms with van der Waals surface area (Å²) in [5, 5.41) is 3.67. The first kappa shape index (κ1) is 23.7. The molecule has 0 aliphatic carbocycles. The molecule has 0 radical (unpaired) electrons. The van der Waals surface area contributed by atoms with E-state index in [2.05, 4.69) is 60.8 Å². The molecule has 0 saturated heterocycles. The highest BCUT2D eigenvalue weighted by atomic mass is 16.5. The van der Waals surface area contributed by atoms with Crippen molar-refractivity contribution in [3.05, 3.63) is 131 Å². The van der Waals surface area contributed by atoms with Gasteiger partial charge < -0.3 is 15.0 Å². The topological polar surface area (TPSA) is 41.6 Å². The highest BCUT2D eigenvalue weighted by Gasteiger charge is 2.42. The summed E-state index contributed by atoms with van der Waals surface area (Å²) < 4.78 is 6.13. The van der Waals surface area contributed by atoms with Gasteiger partial charge in [0.2, 0.25) is 0 Å². The highest BCUT2D eigenvalue weighted by Crippen LogP contribution is 2.38. The molecule has 0 bridgehead atoms. The number of hydrogen-bond acceptors (Lipinski definition) is 3. The second-order valence-electron chi connectivity index (χ2n) is 9.40. The van der Waals surface area contributed by atoms with Crippen LogP contribution in [0.25, 0.3) is 0 Å². The monoisotopic (exact) mass is 476 g/mol. The van der Waals surface area contributed by atoms with E-state index in [0.717, 1.165) is 36.3 Å². The smallest absolute Gasteiger partial charge is 0.258 e. The van der Waals surface area contributed by atoms with Gasteiger partial charge in [0.25, 0.3) is 5.91 Å². The maximum absolute atomic E-state index is 13.7. The average Bonchev–Trinajstić information content (AvgIpc) is 2.92. The Labute approximate surface area is 213 Å². The number of nitrogens with one attached hydrogen (secondary N) is 1. The second-order valence-corrected chi connectivity index (χ2v) is 9.40. The summed E-state index contributed by atoms with van der Waals surface area (Å²) in [6.07, 6.45) is 2.71. The van der Waals surface area contributed by atoms with Crippen LogP contribution in [0.5, 0.6) is 5.75 Å². The number of para-hydroxylation sites is 1. The number of anilines is 1. The molecule has 1 aliphatic heterocycles. The maximum atomic E-state index is 13.7. The molecule has 1 amide bonds. The quantitative estimate of drug-likeness (QED) is 0.274. The Bertz CT molecular complexity index is 1310. The van der Waals surface area contributed by atoms with E-state index in [4.69, 9.17) is 4.74 Å². The molecule has 4 aromatic carbocycles. The molecule has 1 N–H and O–H groups in total. The minimum absolute atomic E-state index is 0.0389. The minimum atomic E-state index is -0.705. The van der Waals surface area contributed by atoms with Gasteiger partial charge in [-0.2, -0.15) is 0 Å². The van der Waals surface area contributed by atoms with Gasteiger partial charge in [0.05, 0.1) is 12.2 Å². The van der Waals surface area contributed by atoms with Crippen LogP contribution in [0.4, 0.5) is 5.69 Å². The number of benzene rings is 4. The van der Waals surface area contributed by atoms with Crippen molar-refractivity contribution in [1.82, 2.24) is 4.90 Å². The van der Waals surface area contributed by atoms with Crippen LogP contribution in [0.2, 0.25) is 0 Å². The lowest BCUT2D eigenvalue weighted by Crippen LogP contribution is -2.56. The van der Waals surface area contributed by atoms with Crippen LogP contribution in [0.15, 0.2) is 109 Å². The molecule has 0 spiro atoms. The molecule has 0 fully saturated rings. The lowest BCUT2D eigenvalue weighted by Gasteiger charge is -2.47. The van der Waals surface area contributed by atoms with Crippen molar-refractivity contribution in [3.8, 4) is 5.75 Å². The third-order valence-electron chi connectivity index (χ3n) is 6.90. The number of amides is 1. The number of carbonyl (C=O) groups is 1. The Morgan fingerprint density at radius 2 is 1.44 bits per heavy atom. The molecule has 1 heterocycles. The van der Waals surface area contributed by atoms with Crippen LogP contribution in [0.1, 0.15) is 40.4 Å². The lowest BCUT2D eigenvalue weighted by molar-refractivity contribution is 0.0538. The molecule has 1 atom stereocenters. The fourth-order valence-electron chi connectivity index (χ4n) is 4.90. The summed E-state index contributed by atoms with van der Waals surface area (Å²) in [4.78, 5) is 15.7. The largest absolute Gasteiger partial charge is 0.494 e. The third-order valence-corrected chi connectivity index (χ3v) is 6.90. The van der Waals surface area contributed by atoms with Gasteiger partial charge >= 0.3 is 0 Å². The van der Waals surface area contributed by atoms with E-state index < -0.39 is 5.66 Å². The van der Waals surface area contributed by atoms with Crippen molar-refractivity contribution in [3.63, 3.8) is 0 Å². The van der Waals surface area contributed by atoms with E-state index in [1.807, 2.05) is 65.6 Å². The van der Waals surface area contributed by atoms with Gasteiger partial charge in [-0.3, -0.25) is 4.79 Å². The zero-order valence-electron chi connectivity index (χ0n) is 20.7. The second kappa shape index (κ2) is 10.7. The van der Waals surface area contributed by atoms with E-state index in [-0.39, 0.29) is 5.91 Å². The first-order valence-corrected chi connectivity index (χ1v) is 12.6. The van der Waals surface area contributed by atoms with Gasteiger partial charge in [-0.1, -0.05) is 84.9 Å². The Hall–Kier alpha value is -4.05. The zero-order valence-corrected chi connectivity index (χ0v) is 20.7. The highest BCUT2D eigenvalue weighted by molar-refractivity contribution is 6.02. The Morgan fingerprint density at radius 1 is 0.778 bits per heavy atom. The summed E-state index contributed by atoms with van der Waals surface area (Å²) in [6.45, 7) is 3.32. The van der Waals surface area contributed by atoms with Crippen LogP contribution in [0.3, 0.4) is 0 Å². The van der Waals surface area contributed by atoms with Crippen molar-refractivity contribution >= 4 is 11.6 Å². The summed E-state index contributed by atoms with van der Waals surface area (Å²) in [6, 6.07) is 36.7. The SMILES string of the molecule is CC1(c2cccc(OCCCc3ccccc3)c2)Nc2ccccc2C(=O)N1CCc1ccccc1. The van der Waals surface area contributed by atoms with E-state index >= 15 is 0 Å². The summed E-state index contributed by atoms with van der Waals surface area (Å²) in [5.41, 5.74) is 4.39. The molecule has 36 heavy (non-hydrogen) atoms. The van der Waals surface area contributed by atoms with Gasteiger partial charge in [-0.25, -0.2) is 0 Å². The summed E-state index contributed by atoms with van der Waals surface area (Å²) in [5.74, 6) is 0.856. The minimum Gasteiger partial charge on any atom is -0.494 e. The fraction of sp³-hybridized carbons (Fsp3) is 0.219. The van der Waals surface area contributed by atoms with Crippen LogP contribution in [-0.2, 0) is 18.5 Å². The molecule has 1 unspecified atom stereocenters. The molecular weight excluding hydrogens is 444 g/mol. The van der Waals surface area contributed by atoms with Gasteiger partial charge in [0, 0.05) is 17.8 Å². The van der Waals surface area contributed by atoms with Crippen LogP contribution >= 0.6 is 0 Å². The normalized spacial score (nSPS) is 16.8. The number of fused-ring (bicyclic) bond motifs is 1. The van der Waals surface area contributed by atoms with Crippen molar-refractivity contribution in [2.45, 2.75) is 31.8 Å². The van der Waals surface area contributed by atoms with Crippen LogP contribution in [-0.4, -0.2) is 24.0 Å². The predicted molar refractivity (Wildman–Crippen MR) is 145 cm³/mol. The number of hydrogen-bond donors (Lipinski definition) is 1. The van der Waals surface area contributed by atoms with Crippen molar-refractivity contribution < 1.29 is 9.53 Å². The molecule has 5 rings (SSSR count). The number of carbonyl (C=O) groups excluding carboxylic acids is 1. The fourth-order valence-corrected chi connectivity index (χ4v) is 4.90. The van der Waals surface area contributed by atoms with Gasteiger partial charge in [0.1, 0.15) is 11.4 Å². The first-order chi connectivity index (χ1) is 17.6. The summed E-state index contributed by atoms with van der Waals surface area (Å²) in [7, 11) is 0. The Morgan fingerprint density at radius 3 is 2.19 bits per heavy atom. The zero-order chi connectivity index (χ0) is 24.8. The molecule has 4 nitrogen and oxygen atoms in total. The first-order valence-electron chi connectivity index (χ1n) is 12.6. The Kier molecular flexibility index (Phi) is 7.03. The van der Waals surface area contributed by atoms with E-state index in [9.17, 15) is 4.79 Å². The van der Waals surface area contributed by atoms with Crippen molar-refractivity contribution in [1.29, 1.82) is 0 Å². The van der Waals surface area contributed by atoms with E-state index in [1.54, 1.807) is 0 Å². The molecule has 182 valence electrons. The average molecular weight is 477 g/mol. The number of nitrogens with zero attached hydrogens (tertiary/aromatic N) is 1. The van der Waals surface area contributed by atoms with Gasteiger partial charge in [-0.15, -0.1) is 0 Å². The predicted octanol–water partition coefficient (Wildman–Crippen LogP) is 6.68. The van der Waals surface area contributed by atoms with Crippen LogP contribution < -0.4 is 10.1 Å². The lowest BCUT2D eigenvalue weighted by atomic mass is 9.93. The van der Waals surface area contributed by atoms with Crippen LogP contribution in [0, 0.1) is 0 Å². The molecule has 1 aliphatic rings. The van der Waals surface area contributed by atoms with Crippen molar-refractivity contribution in [2.24, 2.45) is 0 Å². The molecular formula is C32H32N2O2. The van der Waals surface area contributed by atoms with E-state index in [1.165, 1.54) is 11.1 Å². The maximum Gasteiger partial charge on any atom is 0.258 e. The number of aryl methyl sites for hydroxylation is 1. The summed E-state index contributed by atoms with van der Waals surface area (Å²) >= 11 is 0. The van der Waals surface area contributed by atoms with Crippen molar-refractivity contribution in [2.75, 3.05) is 18.5 Å². The molecule has 4 heteroatoms. The molecule has 0 saturated carbocycles. The standard InChI is InChI=1S/C32H32N2O2/c1-32(27-17-10-18-28(24-27)36-23-11-16-25-12-4-2-5-13-25)33-30-20-9-8-19-29(30)31(35)34(32)22-21-26-14-6-3-7-15-26/h2-10,12-15,17-20,24,33H,11,16,21-23H2,1H3. The van der Waals surface area contributed by atoms with Gasteiger partial charge in [0.15, 0.2) is 0 Å². The van der Waals surface area contributed by atoms with Gasteiger partial charge in [-0.05, 0) is 61.6 Å². The number of ether oxygens (including phenoxy) is 1. The Balaban J connectivity index is 1.36. The third kappa shape index (κ3) is 5.13. The number of rotatable bonds is 9. The molecule has 0 aromatic heterocycles. The van der Waals surface area contributed by atoms with E-state index in [0.29, 0.717) is 18.7 Å². The molecule has 4 aromatic rings.